The molecule has 94 valence electrons. The summed E-state index contributed by atoms with van der Waals surface area (Å²) in [6.45, 7) is 3.21. The van der Waals surface area contributed by atoms with Gasteiger partial charge in [0.15, 0.2) is 0 Å². The van der Waals surface area contributed by atoms with Crippen molar-refractivity contribution in [1.29, 1.82) is 0 Å². The van der Waals surface area contributed by atoms with E-state index >= 15 is 0 Å². The fourth-order valence-corrected chi connectivity index (χ4v) is 1.94. The lowest BCUT2D eigenvalue weighted by Gasteiger charge is -2.29. The Morgan fingerprint density at radius 1 is 1.56 bits per heavy atom. The summed E-state index contributed by atoms with van der Waals surface area (Å²) in [6.07, 6.45) is 1.79. The van der Waals surface area contributed by atoms with Gasteiger partial charge < -0.3 is 20.7 Å². The van der Waals surface area contributed by atoms with Crippen LogP contribution in [0, 0.1) is 5.92 Å². The summed E-state index contributed by atoms with van der Waals surface area (Å²) in [5, 5.41) is 2.91. The van der Waals surface area contributed by atoms with Crippen LogP contribution in [0.4, 0.5) is 0 Å². The predicted octanol–water partition coefficient (Wildman–Crippen LogP) is -0.582. The molecule has 0 bridgehead atoms. The number of nitrogens with one attached hydrogen (secondary N) is 1. The van der Waals surface area contributed by atoms with Crippen molar-refractivity contribution in [3.63, 3.8) is 0 Å². The minimum Gasteiger partial charge on any atom is -0.370 e. The second-order valence-electron chi connectivity index (χ2n) is 4.45. The molecule has 0 aromatic heterocycles. The first-order chi connectivity index (χ1) is 7.67. The van der Waals surface area contributed by atoms with Crippen molar-refractivity contribution < 1.29 is 9.53 Å². The molecule has 0 aromatic rings. The Balaban J connectivity index is 2.21. The van der Waals surface area contributed by atoms with Gasteiger partial charge in [0.1, 0.15) is 6.10 Å². The number of methoxy groups -OCH3 is 1. The molecule has 1 fully saturated rings. The van der Waals surface area contributed by atoms with Gasteiger partial charge in [0.05, 0.1) is 0 Å². The second kappa shape index (κ2) is 6.83. The molecule has 16 heavy (non-hydrogen) atoms. The average molecular weight is 229 g/mol. The summed E-state index contributed by atoms with van der Waals surface area (Å²) in [6, 6.07) is 0. The maximum atomic E-state index is 11.6. The minimum absolute atomic E-state index is 0.0936. The number of hydrogen-bond acceptors (Lipinski definition) is 4. The Morgan fingerprint density at radius 2 is 2.19 bits per heavy atom. The van der Waals surface area contributed by atoms with Gasteiger partial charge in [0, 0.05) is 20.2 Å². The highest BCUT2D eigenvalue weighted by molar-refractivity contribution is 5.80. The van der Waals surface area contributed by atoms with Gasteiger partial charge in [-0.3, -0.25) is 4.79 Å². The van der Waals surface area contributed by atoms with E-state index in [4.69, 9.17) is 10.5 Å². The molecule has 0 saturated carbocycles. The lowest BCUT2D eigenvalue weighted by atomic mass is 9.97. The van der Waals surface area contributed by atoms with E-state index in [0.717, 1.165) is 32.5 Å². The van der Waals surface area contributed by atoms with E-state index in [9.17, 15) is 4.79 Å². The predicted molar refractivity (Wildman–Crippen MR) is 63.1 cm³/mol. The first-order valence-corrected chi connectivity index (χ1v) is 5.86. The quantitative estimate of drug-likeness (QED) is 0.662. The molecule has 1 unspecified atom stereocenters. The van der Waals surface area contributed by atoms with Gasteiger partial charge in [-0.05, 0) is 38.9 Å². The third-order valence-corrected chi connectivity index (χ3v) is 3.19. The van der Waals surface area contributed by atoms with Crippen molar-refractivity contribution in [2.75, 3.05) is 40.3 Å². The number of ether oxygens (including phenoxy) is 1. The molecule has 0 radical (unpaired) electrons. The molecule has 0 spiro atoms. The third-order valence-electron chi connectivity index (χ3n) is 3.19. The maximum absolute atomic E-state index is 11.6. The van der Waals surface area contributed by atoms with E-state index in [-0.39, 0.29) is 12.5 Å². The highest BCUT2D eigenvalue weighted by Gasteiger charge is 2.20. The third kappa shape index (κ3) is 4.08. The number of hydrogen-bond donors (Lipinski definition) is 2. The van der Waals surface area contributed by atoms with Crippen LogP contribution in [-0.4, -0.2) is 57.2 Å². The number of likely N-dealkylation sites (tertiary alicyclic amines) is 1. The SMILES string of the molecule is COC(CN)C(=O)NCC1CCN(C)CC1. The lowest BCUT2D eigenvalue weighted by Crippen LogP contribution is -2.43. The van der Waals surface area contributed by atoms with Crippen molar-refractivity contribution in [2.45, 2.75) is 18.9 Å². The van der Waals surface area contributed by atoms with Crippen molar-refractivity contribution in [3.05, 3.63) is 0 Å². The van der Waals surface area contributed by atoms with Crippen LogP contribution >= 0.6 is 0 Å². The number of amides is 1. The first kappa shape index (κ1) is 13.4. The number of carbonyl (C=O) groups excluding carboxylic acids is 1. The number of nitrogens with two attached hydrogens (primary N) is 1. The Morgan fingerprint density at radius 3 is 2.69 bits per heavy atom. The Hall–Kier alpha value is -0.650. The zero-order valence-electron chi connectivity index (χ0n) is 10.2. The van der Waals surface area contributed by atoms with Crippen LogP contribution in [0.15, 0.2) is 0 Å². The molecule has 1 atom stereocenters. The van der Waals surface area contributed by atoms with E-state index in [1.807, 2.05) is 0 Å². The molecule has 1 rings (SSSR count). The second-order valence-corrected chi connectivity index (χ2v) is 4.45. The zero-order valence-corrected chi connectivity index (χ0v) is 10.2. The fraction of sp³-hybridized carbons (Fsp3) is 0.909. The van der Waals surface area contributed by atoms with Crippen molar-refractivity contribution >= 4 is 5.91 Å². The van der Waals surface area contributed by atoms with E-state index in [1.54, 1.807) is 0 Å². The van der Waals surface area contributed by atoms with Gasteiger partial charge in [-0.15, -0.1) is 0 Å². The van der Waals surface area contributed by atoms with Crippen molar-refractivity contribution in [1.82, 2.24) is 10.2 Å². The van der Waals surface area contributed by atoms with Crippen LogP contribution in [0.5, 0.6) is 0 Å². The molecular formula is C11H23N3O2. The van der Waals surface area contributed by atoms with Crippen LogP contribution in [0.1, 0.15) is 12.8 Å². The van der Waals surface area contributed by atoms with E-state index in [1.165, 1.54) is 7.11 Å². The van der Waals surface area contributed by atoms with Gasteiger partial charge >= 0.3 is 0 Å². The van der Waals surface area contributed by atoms with Crippen LogP contribution < -0.4 is 11.1 Å². The number of nitrogens with zero attached hydrogens (tertiary/aromatic N) is 1. The van der Waals surface area contributed by atoms with Crippen molar-refractivity contribution in [2.24, 2.45) is 11.7 Å². The van der Waals surface area contributed by atoms with Gasteiger partial charge in [-0.25, -0.2) is 0 Å². The topological polar surface area (TPSA) is 67.6 Å². The highest BCUT2D eigenvalue weighted by atomic mass is 16.5. The normalized spacial score (nSPS) is 20.7. The Labute approximate surface area is 97.3 Å². The first-order valence-electron chi connectivity index (χ1n) is 5.86. The number of piperidine rings is 1. The molecule has 3 N–H and O–H groups in total. The summed E-state index contributed by atoms with van der Waals surface area (Å²) in [5.41, 5.74) is 5.42. The summed E-state index contributed by atoms with van der Waals surface area (Å²) in [4.78, 5) is 13.9. The maximum Gasteiger partial charge on any atom is 0.250 e. The fourth-order valence-electron chi connectivity index (χ4n) is 1.94. The molecular weight excluding hydrogens is 206 g/mol. The van der Waals surface area contributed by atoms with Crippen LogP contribution in [-0.2, 0) is 9.53 Å². The molecule has 1 aliphatic rings. The van der Waals surface area contributed by atoms with Crippen LogP contribution in [0.2, 0.25) is 0 Å². The highest BCUT2D eigenvalue weighted by Crippen LogP contribution is 2.14. The van der Waals surface area contributed by atoms with Gasteiger partial charge in [0.25, 0.3) is 0 Å². The van der Waals surface area contributed by atoms with E-state index in [0.29, 0.717) is 5.92 Å². The molecule has 1 amide bonds. The summed E-state index contributed by atoms with van der Waals surface area (Å²) >= 11 is 0. The average Bonchev–Trinajstić information content (AvgIpc) is 2.30. The summed E-state index contributed by atoms with van der Waals surface area (Å²) in [5.74, 6) is 0.499. The van der Waals surface area contributed by atoms with Gasteiger partial charge in [-0.2, -0.15) is 0 Å². The summed E-state index contributed by atoms with van der Waals surface area (Å²) < 4.78 is 4.97. The number of carbonyl (C=O) groups is 1. The monoisotopic (exact) mass is 229 g/mol. The summed E-state index contributed by atoms with van der Waals surface area (Å²) in [7, 11) is 3.64. The largest absolute Gasteiger partial charge is 0.370 e. The van der Waals surface area contributed by atoms with Crippen LogP contribution in [0.3, 0.4) is 0 Å². The molecule has 1 heterocycles. The Kier molecular flexibility index (Phi) is 5.73. The minimum atomic E-state index is -0.508. The van der Waals surface area contributed by atoms with E-state index < -0.39 is 6.10 Å². The molecule has 1 saturated heterocycles. The molecule has 0 aliphatic carbocycles. The molecule has 0 aromatic carbocycles. The lowest BCUT2D eigenvalue weighted by molar-refractivity contribution is -0.130. The van der Waals surface area contributed by atoms with Crippen molar-refractivity contribution in [3.8, 4) is 0 Å². The van der Waals surface area contributed by atoms with Crippen LogP contribution in [0.25, 0.3) is 0 Å². The van der Waals surface area contributed by atoms with Gasteiger partial charge in [0.2, 0.25) is 5.91 Å². The molecule has 1 aliphatic heterocycles. The smallest absolute Gasteiger partial charge is 0.250 e. The molecule has 5 heteroatoms. The zero-order chi connectivity index (χ0) is 12.0. The Bertz CT molecular complexity index is 211. The number of rotatable bonds is 5. The standard InChI is InChI=1S/C11H23N3O2/c1-14-5-3-9(4-6-14)8-13-11(15)10(7-12)16-2/h9-10H,3-8,12H2,1-2H3,(H,13,15). The molecule has 5 nitrogen and oxygen atoms in total. The van der Waals surface area contributed by atoms with E-state index in [2.05, 4.69) is 17.3 Å². The van der Waals surface area contributed by atoms with Gasteiger partial charge in [-0.1, -0.05) is 0 Å².